The predicted molar refractivity (Wildman–Crippen MR) is 115 cm³/mol. The summed E-state index contributed by atoms with van der Waals surface area (Å²) in [6.45, 7) is 1.90. The zero-order chi connectivity index (χ0) is 20.5. The number of rotatable bonds is 4. The average Bonchev–Trinajstić information content (AvgIpc) is 3.32. The molecule has 0 spiro atoms. The Kier molecular flexibility index (Phi) is 5.54. The summed E-state index contributed by atoms with van der Waals surface area (Å²) in [5.41, 5.74) is 2.02. The first-order chi connectivity index (χ1) is 14.0. The fraction of sp³-hybridized carbons (Fsp3) is 0.348. The zero-order valence-electron chi connectivity index (χ0n) is 16.3. The maximum Gasteiger partial charge on any atom is 0.257 e. The van der Waals surface area contributed by atoms with Crippen molar-refractivity contribution in [2.45, 2.75) is 51.1 Å². The number of imide groups is 1. The van der Waals surface area contributed by atoms with Crippen LogP contribution in [-0.2, 0) is 9.59 Å². The third-order valence-corrected chi connectivity index (χ3v) is 6.40. The van der Waals surface area contributed by atoms with Crippen molar-refractivity contribution >= 4 is 39.3 Å². The van der Waals surface area contributed by atoms with Crippen molar-refractivity contribution in [3.05, 3.63) is 64.1 Å². The van der Waals surface area contributed by atoms with Gasteiger partial charge in [-0.15, -0.1) is 0 Å². The normalized spacial score (nSPS) is 19.8. The van der Waals surface area contributed by atoms with E-state index in [9.17, 15) is 14.4 Å². The van der Waals surface area contributed by atoms with E-state index in [1.807, 2.05) is 25.1 Å². The van der Waals surface area contributed by atoms with Crippen molar-refractivity contribution in [2.24, 2.45) is 0 Å². The number of hydrogen-bond donors (Lipinski definition) is 0. The van der Waals surface area contributed by atoms with Crippen LogP contribution in [0.1, 0.15) is 48.0 Å². The van der Waals surface area contributed by atoms with Crippen LogP contribution in [0.3, 0.4) is 0 Å². The van der Waals surface area contributed by atoms with Crippen molar-refractivity contribution in [1.82, 2.24) is 4.90 Å². The smallest absolute Gasteiger partial charge is 0.257 e. The first-order valence-corrected chi connectivity index (χ1v) is 10.8. The molecule has 1 saturated carbocycles. The molecule has 2 aliphatic rings. The van der Waals surface area contributed by atoms with Crippen molar-refractivity contribution in [3.63, 3.8) is 0 Å². The molecule has 0 N–H and O–H groups in total. The van der Waals surface area contributed by atoms with Crippen LogP contribution in [0.25, 0.3) is 0 Å². The van der Waals surface area contributed by atoms with Crippen LogP contribution in [0.15, 0.2) is 53.0 Å². The first-order valence-electron chi connectivity index (χ1n) is 9.98. The van der Waals surface area contributed by atoms with Gasteiger partial charge in [-0.05, 0) is 55.7 Å². The largest absolute Gasteiger partial charge is 0.323 e. The topological polar surface area (TPSA) is 57.7 Å². The molecular weight excluding hydrogens is 432 g/mol. The summed E-state index contributed by atoms with van der Waals surface area (Å²) in [7, 11) is 0. The number of carbonyl (C=O) groups is 3. The Morgan fingerprint density at radius 3 is 2.34 bits per heavy atom. The van der Waals surface area contributed by atoms with Gasteiger partial charge in [0, 0.05) is 16.1 Å². The molecular formula is C23H23BrN2O3. The van der Waals surface area contributed by atoms with Crippen molar-refractivity contribution in [3.8, 4) is 0 Å². The quantitative estimate of drug-likeness (QED) is 0.640. The van der Waals surface area contributed by atoms with E-state index in [1.54, 1.807) is 35.2 Å². The van der Waals surface area contributed by atoms with E-state index in [2.05, 4.69) is 15.9 Å². The van der Waals surface area contributed by atoms with E-state index in [0.717, 1.165) is 35.7 Å². The van der Waals surface area contributed by atoms with Crippen LogP contribution in [0.2, 0.25) is 0 Å². The summed E-state index contributed by atoms with van der Waals surface area (Å²) in [5, 5.41) is 0. The lowest BCUT2D eigenvalue weighted by Gasteiger charge is -2.33. The summed E-state index contributed by atoms with van der Waals surface area (Å²) in [6.07, 6.45) is 3.84. The lowest BCUT2D eigenvalue weighted by molar-refractivity contribution is -0.123. The van der Waals surface area contributed by atoms with Gasteiger partial charge in [-0.3, -0.25) is 14.4 Å². The second kappa shape index (κ2) is 8.11. The van der Waals surface area contributed by atoms with E-state index in [4.69, 9.17) is 0 Å². The van der Waals surface area contributed by atoms with Gasteiger partial charge in [0.05, 0.1) is 12.1 Å². The number of halogens is 1. The number of benzene rings is 2. The number of anilines is 1. The van der Waals surface area contributed by atoms with E-state index < -0.39 is 6.04 Å². The van der Waals surface area contributed by atoms with Crippen LogP contribution in [0.5, 0.6) is 0 Å². The van der Waals surface area contributed by atoms with Gasteiger partial charge < -0.3 is 4.90 Å². The van der Waals surface area contributed by atoms with Crippen LogP contribution in [0, 0.1) is 6.92 Å². The summed E-state index contributed by atoms with van der Waals surface area (Å²) in [5.74, 6) is -0.729. The average molecular weight is 455 g/mol. The Morgan fingerprint density at radius 2 is 1.69 bits per heavy atom. The molecule has 1 heterocycles. The molecule has 0 bridgehead atoms. The second-order valence-corrected chi connectivity index (χ2v) is 8.65. The number of carbonyl (C=O) groups excluding carboxylic acids is 3. The molecule has 1 aliphatic heterocycles. The Balaban J connectivity index is 1.69. The van der Waals surface area contributed by atoms with E-state index in [1.165, 1.54) is 4.90 Å². The molecule has 29 heavy (non-hydrogen) atoms. The van der Waals surface area contributed by atoms with Crippen LogP contribution >= 0.6 is 15.9 Å². The highest BCUT2D eigenvalue weighted by molar-refractivity contribution is 9.10. The molecule has 0 aromatic heterocycles. The molecule has 5 nitrogen and oxygen atoms in total. The molecule has 0 radical (unpaired) electrons. The van der Waals surface area contributed by atoms with E-state index >= 15 is 0 Å². The third kappa shape index (κ3) is 3.73. The first kappa shape index (κ1) is 19.8. The minimum absolute atomic E-state index is 0.00581. The van der Waals surface area contributed by atoms with Gasteiger partial charge in [0.1, 0.15) is 6.04 Å². The SMILES string of the molecule is Cc1ccccc1C(=O)N(C1CCCC1)C1CC(=O)N(c2ccc(Br)cc2)C1=O. The Morgan fingerprint density at radius 1 is 1.03 bits per heavy atom. The van der Waals surface area contributed by atoms with Crippen molar-refractivity contribution in [2.75, 3.05) is 4.90 Å². The molecule has 2 aromatic rings. The standard InChI is InChI=1S/C23H23BrN2O3/c1-15-6-2-5-9-19(15)22(28)25(17-7-3-4-8-17)20-14-21(27)26(23(20)29)18-12-10-16(24)11-13-18/h2,5-6,9-13,17,20H,3-4,7-8,14H2,1H3. The van der Waals surface area contributed by atoms with Crippen LogP contribution in [-0.4, -0.2) is 34.7 Å². The lowest BCUT2D eigenvalue weighted by atomic mass is 10.0. The molecule has 2 fully saturated rings. The molecule has 2 aromatic carbocycles. The number of nitrogens with zero attached hydrogens (tertiary/aromatic N) is 2. The van der Waals surface area contributed by atoms with Crippen molar-refractivity contribution < 1.29 is 14.4 Å². The van der Waals surface area contributed by atoms with Gasteiger partial charge >= 0.3 is 0 Å². The van der Waals surface area contributed by atoms with Gasteiger partial charge in [-0.1, -0.05) is 47.0 Å². The molecule has 3 amide bonds. The summed E-state index contributed by atoms with van der Waals surface area (Å²) >= 11 is 3.37. The fourth-order valence-electron chi connectivity index (χ4n) is 4.39. The lowest BCUT2D eigenvalue weighted by Crippen LogP contribution is -2.50. The van der Waals surface area contributed by atoms with Gasteiger partial charge in [-0.25, -0.2) is 4.90 Å². The van der Waals surface area contributed by atoms with E-state index in [-0.39, 0.29) is 30.2 Å². The van der Waals surface area contributed by atoms with Gasteiger partial charge in [0.25, 0.3) is 11.8 Å². The highest BCUT2D eigenvalue weighted by Crippen LogP contribution is 2.33. The molecule has 6 heteroatoms. The Labute approximate surface area is 178 Å². The molecule has 1 aliphatic carbocycles. The number of amides is 3. The van der Waals surface area contributed by atoms with Gasteiger partial charge in [-0.2, -0.15) is 0 Å². The molecule has 150 valence electrons. The zero-order valence-corrected chi connectivity index (χ0v) is 17.9. The van der Waals surface area contributed by atoms with Crippen LogP contribution < -0.4 is 4.90 Å². The summed E-state index contributed by atoms with van der Waals surface area (Å²) < 4.78 is 0.874. The fourth-order valence-corrected chi connectivity index (χ4v) is 4.66. The highest BCUT2D eigenvalue weighted by Gasteiger charge is 2.47. The third-order valence-electron chi connectivity index (χ3n) is 5.87. The Bertz CT molecular complexity index is 951. The van der Waals surface area contributed by atoms with E-state index in [0.29, 0.717) is 11.3 Å². The molecule has 4 rings (SSSR count). The number of hydrogen-bond acceptors (Lipinski definition) is 3. The Hall–Kier alpha value is -2.47. The van der Waals surface area contributed by atoms with Gasteiger partial charge in [0.15, 0.2) is 0 Å². The molecule has 1 saturated heterocycles. The van der Waals surface area contributed by atoms with Crippen LogP contribution in [0.4, 0.5) is 5.69 Å². The number of aryl methyl sites for hydroxylation is 1. The monoisotopic (exact) mass is 454 g/mol. The maximum absolute atomic E-state index is 13.5. The minimum atomic E-state index is -0.749. The predicted octanol–water partition coefficient (Wildman–Crippen LogP) is 4.47. The highest BCUT2D eigenvalue weighted by atomic mass is 79.9. The second-order valence-electron chi connectivity index (χ2n) is 7.73. The maximum atomic E-state index is 13.5. The molecule has 1 atom stereocenters. The van der Waals surface area contributed by atoms with Gasteiger partial charge in [0.2, 0.25) is 5.91 Å². The summed E-state index contributed by atoms with van der Waals surface area (Å²) in [4.78, 5) is 42.5. The van der Waals surface area contributed by atoms with Crippen molar-refractivity contribution in [1.29, 1.82) is 0 Å². The summed E-state index contributed by atoms with van der Waals surface area (Å²) in [6, 6.07) is 13.8. The minimum Gasteiger partial charge on any atom is -0.323 e. The molecule has 1 unspecified atom stereocenters.